The molecule has 0 amide bonds. The minimum absolute atomic E-state index is 0.000307. The Balaban J connectivity index is 2.67. The molecule has 0 radical (unpaired) electrons. The minimum atomic E-state index is 0.000307. The van der Waals surface area contributed by atoms with Gasteiger partial charge in [-0.2, -0.15) is 0 Å². The van der Waals surface area contributed by atoms with Crippen LogP contribution in [-0.4, -0.2) is 5.11 Å². The Bertz CT molecular complexity index is 510. The van der Waals surface area contributed by atoms with E-state index in [1.165, 1.54) is 93.7 Å². The number of benzene rings is 1. The molecule has 1 nitrogen and oxygen atoms in total. The summed E-state index contributed by atoms with van der Waals surface area (Å²) >= 11 is 0. The van der Waals surface area contributed by atoms with Crippen LogP contribution in [0.25, 0.3) is 0 Å². The van der Waals surface area contributed by atoms with Crippen molar-refractivity contribution in [2.45, 2.75) is 130 Å². The molecule has 1 heteroatoms. The third kappa shape index (κ3) is 9.67. The van der Waals surface area contributed by atoms with E-state index in [-0.39, 0.29) is 5.41 Å². The number of aryl methyl sites for hydroxylation is 2. The van der Waals surface area contributed by atoms with E-state index in [4.69, 9.17) is 0 Å². The van der Waals surface area contributed by atoms with Crippen LogP contribution in [0.5, 0.6) is 5.75 Å². The normalized spacial score (nSPS) is 11.9. The molecule has 0 fully saturated rings. The first-order chi connectivity index (χ1) is 12.9. The third-order valence-electron chi connectivity index (χ3n) is 5.63. The van der Waals surface area contributed by atoms with Crippen LogP contribution in [0, 0.1) is 0 Å². The Morgan fingerprint density at radius 2 is 1.15 bits per heavy atom. The number of phenolic OH excluding ortho intramolecular Hbond substituents is 1. The van der Waals surface area contributed by atoms with E-state index < -0.39 is 0 Å². The van der Waals surface area contributed by atoms with Crippen LogP contribution in [0.4, 0.5) is 0 Å². The highest BCUT2D eigenvalue weighted by atomic mass is 16.3. The van der Waals surface area contributed by atoms with Gasteiger partial charge < -0.3 is 5.11 Å². The van der Waals surface area contributed by atoms with Gasteiger partial charge in [0, 0.05) is 5.56 Å². The van der Waals surface area contributed by atoms with Gasteiger partial charge in [-0.1, -0.05) is 105 Å². The summed E-state index contributed by atoms with van der Waals surface area (Å²) in [6.07, 6.45) is 18.1. The number of unbranched alkanes of at least 4 members (excludes halogenated alkanes) is 10. The molecule has 1 rings (SSSR count). The average Bonchev–Trinajstić information content (AvgIpc) is 2.59. The van der Waals surface area contributed by atoms with Crippen molar-refractivity contribution in [2.24, 2.45) is 0 Å². The van der Waals surface area contributed by atoms with Gasteiger partial charge in [0.1, 0.15) is 5.75 Å². The standard InChI is InChI=1S/C26H46O/c1-6-8-10-12-14-16-18-22-20-23(19-17-15-13-11-9-7-2)25(24(27)21-22)26(3,4)5/h20-21,27H,6-19H2,1-5H3. The van der Waals surface area contributed by atoms with Gasteiger partial charge in [0.2, 0.25) is 0 Å². The fraction of sp³-hybridized carbons (Fsp3) is 0.769. The predicted octanol–water partition coefficient (Wildman–Crippen LogP) is 8.50. The zero-order valence-corrected chi connectivity index (χ0v) is 19.0. The lowest BCUT2D eigenvalue weighted by Gasteiger charge is -2.25. The van der Waals surface area contributed by atoms with Crippen molar-refractivity contribution < 1.29 is 5.11 Å². The summed E-state index contributed by atoms with van der Waals surface area (Å²) in [5, 5.41) is 10.8. The Morgan fingerprint density at radius 1 is 0.667 bits per heavy atom. The number of aromatic hydroxyl groups is 1. The van der Waals surface area contributed by atoms with Gasteiger partial charge in [0.05, 0.1) is 0 Å². The van der Waals surface area contributed by atoms with Gasteiger partial charge in [0.15, 0.2) is 0 Å². The van der Waals surface area contributed by atoms with E-state index in [0.29, 0.717) is 5.75 Å². The molecule has 0 heterocycles. The Kier molecular flexibility index (Phi) is 11.8. The maximum atomic E-state index is 10.8. The highest BCUT2D eigenvalue weighted by Gasteiger charge is 2.22. The Morgan fingerprint density at radius 3 is 1.67 bits per heavy atom. The van der Waals surface area contributed by atoms with Crippen molar-refractivity contribution in [1.29, 1.82) is 0 Å². The summed E-state index contributed by atoms with van der Waals surface area (Å²) in [6.45, 7) is 11.2. The second kappa shape index (κ2) is 13.2. The summed E-state index contributed by atoms with van der Waals surface area (Å²) < 4.78 is 0. The van der Waals surface area contributed by atoms with Gasteiger partial charge in [-0.25, -0.2) is 0 Å². The van der Waals surface area contributed by atoms with E-state index in [1.54, 1.807) is 0 Å². The number of phenols is 1. The van der Waals surface area contributed by atoms with Crippen LogP contribution in [0.1, 0.15) is 128 Å². The average molecular weight is 375 g/mol. The second-order valence-electron chi connectivity index (χ2n) is 9.43. The number of hydrogen-bond donors (Lipinski definition) is 1. The van der Waals surface area contributed by atoms with Crippen molar-refractivity contribution in [3.8, 4) is 5.75 Å². The first-order valence-corrected chi connectivity index (χ1v) is 11.7. The van der Waals surface area contributed by atoms with E-state index in [1.807, 2.05) is 6.07 Å². The molecule has 0 aliphatic carbocycles. The first-order valence-electron chi connectivity index (χ1n) is 11.7. The molecular weight excluding hydrogens is 328 g/mol. The summed E-state index contributed by atoms with van der Waals surface area (Å²) in [6, 6.07) is 4.44. The van der Waals surface area contributed by atoms with Crippen LogP contribution in [-0.2, 0) is 18.3 Å². The largest absolute Gasteiger partial charge is 0.508 e. The van der Waals surface area contributed by atoms with Crippen LogP contribution in [0.3, 0.4) is 0 Å². The molecule has 1 aromatic rings. The van der Waals surface area contributed by atoms with Gasteiger partial charge in [-0.3, -0.25) is 0 Å². The third-order valence-corrected chi connectivity index (χ3v) is 5.63. The minimum Gasteiger partial charge on any atom is -0.508 e. The number of hydrogen-bond acceptors (Lipinski definition) is 1. The maximum absolute atomic E-state index is 10.8. The SMILES string of the molecule is CCCCCCCCc1cc(O)c(C(C)(C)C)c(CCCCCCCC)c1. The maximum Gasteiger partial charge on any atom is 0.119 e. The quantitative estimate of drug-likeness (QED) is 0.324. The zero-order chi connectivity index (χ0) is 20.1. The molecule has 156 valence electrons. The van der Waals surface area contributed by atoms with E-state index in [2.05, 4.69) is 40.7 Å². The summed E-state index contributed by atoms with van der Waals surface area (Å²) in [5.41, 5.74) is 3.89. The molecule has 1 aromatic carbocycles. The van der Waals surface area contributed by atoms with E-state index in [9.17, 15) is 5.11 Å². The van der Waals surface area contributed by atoms with Gasteiger partial charge in [-0.15, -0.1) is 0 Å². The molecule has 0 unspecified atom stereocenters. The van der Waals surface area contributed by atoms with Crippen molar-refractivity contribution in [2.75, 3.05) is 0 Å². The smallest absolute Gasteiger partial charge is 0.119 e. The molecule has 0 bridgehead atoms. The van der Waals surface area contributed by atoms with Crippen molar-refractivity contribution in [3.05, 3.63) is 28.8 Å². The van der Waals surface area contributed by atoms with Gasteiger partial charge in [0.25, 0.3) is 0 Å². The van der Waals surface area contributed by atoms with Gasteiger partial charge >= 0.3 is 0 Å². The molecule has 0 atom stereocenters. The first kappa shape index (κ1) is 24.1. The fourth-order valence-corrected chi connectivity index (χ4v) is 4.16. The molecule has 0 aliphatic rings. The highest BCUT2D eigenvalue weighted by Crippen LogP contribution is 2.36. The molecule has 1 N–H and O–H groups in total. The molecule has 0 saturated heterocycles. The van der Waals surface area contributed by atoms with Crippen LogP contribution in [0.2, 0.25) is 0 Å². The molecule has 0 aromatic heterocycles. The van der Waals surface area contributed by atoms with E-state index in [0.717, 1.165) is 12.8 Å². The lowest BCUT2D eigenvalue weighted by atomic mass is 9.80. The van der Waals surface area contributed by atoms with Crippen molar-refractivity contribution >= 4 is 0 Å². The summed E-state index contributed by atoms with van der Waals surface area (Å²) in [5.74, 6) is 0.520. The molecule has 27 heavy (non-hydrogen) atoms. The second-order valence-corrected chi connectivity index (χ2v) is 9.43. The van der Waals surface area contributed by atoms with Crippen molar-refractivity contribution in [3.63, 3.8) is 0 Å². The topological polar surface area (TPSA) is 20.2 Å². The lowest BCUT2D eigenvalue weighted by molar-refractivity contribution is 0.442. The Hall–Kier alpha value is -0.980. The molecule has 0 aliphatic heterocycles. The molecule has 0 spiro atoms. The molecule has 0 saturated carbocycles. The predicted molar refractivity (Wildman–Crippen MR) is 121 cm³/mol. The highest BCUT2D eigenvalue weighted by molar-refractivity contribution is 5.47. The monoisotopic (exact) mass is 374 g/mol. The summed E-state index contributed by atoms with van der Waals surface area (Å²) in [4.78, 5) is 0. The number of rotatable bonds is 14. The summed E-state index contributed by atoms with van der Waals surface area (Å²) in [7, 11) is 0. The van der Waals surface area contributed by atoms with Crippen LogP contribution >= 0.6 is 0 Å². The van der Waals surface area contributed by atoms with Crippen LogP contribution in [0.15, 0.2) is 12.1 Å². The van der Waals surface area contributed by atoms with Crippen LogP contribution < -0.4 is 0 Å². The molecular formula is C26H46O. The Labute approximate surface area is 170 Å². The zero-order valence-electron chi connectivity index (χ0n) is 19.0. The van der Waals surface area contributed by atoms with Gasteiger partial charge in [-0.05, 0) is 48.3 Å². The van der Waals surface area contributed by atoms with E-state index >= 15 is 0 Å². The fourth-order valence-electron chi connectivity index (χ4n) is 4.16. The lowest BCUT2D eigenvalue weighted by Crippen LogP contribution is -2.15. The van der Waals surface area contributed by atoms with Crippen molar-refractivity contribution in [1.82, 2.24) is 0 Å².